The molecule has 0 saturated heterocycles. The van der Waals surface area contributed by atoms with Crippen LogP contribution in [0.1, 0.15) is 0 Å². The van der Waals surface area contributed by atoms with E-state index in [1.54, 1.807) is 0 Å². The maximum atomic E-state index is 0. The van der Waals surface area contributed by atoms with Gasteiger partial charge in [0.25, 0.3) is 0 Å². The van der Waals surface area contributed by atoms with Crippen LogP contribution in [0.15, 0.2) is 0 Å². The van der Waals surface area contributed by atoms with Crippen molar-refractivity contribution in [3.05, 3.63) is 0 Å². The molecule has 2 nitrogen and oxygen atoms in total. The molecule has 0 unspecified atom stereocenters. The third-order valence-electron chi connectivity index (χ3n) is 0. The van der Waals surface area contributed by atoms with Gasteiger partial charge in [0.1, 0.15) is 0 Å². The normalized spacial score (nSPS) is 0. The Kier molecular flexibility index (Phi) is 471. The zero-order valence-corrected chi connectivity index (χ0v) is 2.37. The molecule has 0 aliphatic carbocycles. The Balaban J connectivity index is 0. The summed E-state index contributed by atoms with van der Waals surface area (Å²) in [6.07, 6.45) is 0. The molecule has 4 heteroatoms. The standard InChI is InChI=1S/Mg.Mn.2O.2H/q;+4;2*-2;;. The van der Waals surface area contributed by atoms with Gasteiger partial charge in [-0.15, -0.1) is 0 Å². The Labute approximate surface area is 51.2 Å². The van der Waals surface area contributed by atoms with Crippen molar-refractivity contribution in [1.29, 1.82) is 0 Å². The van der Waals surface area contributed by atoms with Crippen molar-refractivity contribution in [2.24, 2.45) is 0 Å². The molecule has 4 heavy (non-hydrogen) atoms. The summed E-state index contributed by atoms with van der Waals surface area (Å²) in [5, 5.41) is 0. The molecule has 0 spiro atoms. The second-order valence-electron chi connectivity index (χ2n) is 0. The molecule has 0 amide bonds. The van der Waals surface area contributed by atoms with Gasteiger partial charge in [-0.1, -0.05) is 0 Å². The fourth-order valence-corrected chi connectivity index (χ4v) is 0. The molecular weight excluding hydrogens is 111 g/mol. The smallest absolute Gasteiger partial charge is 2.00 e. The van der Waals surface area contributed by atoms with Crippen LogP contribution in [-0.4, -0.2) is 23.1 Å². The third-order valence-corrected chi connectivity index (χ3v) is 0. The summed E-state index contributed by atoms with van der Waals surface area (Å²) >= 11 is 0. The van der Waals surface area contributed by atoms with Gasteiger partial charge in [-0.3, -0.25) is 0 Å². The first kappa shape index (κ1) is 63.3. The van der Waals surface area contributed by atoms with Crippen LogP contribution in [0.5, 0.6) is 0 Å². The SMILES string of the molecule is [MgH2].[Mn+4].[O-2].[O-2]. The van der Waals surface area contributed by atoms with Crippen LogP contribution < -0.4 is 0 Å². The van der Waals surface area contributed by atoms with Gasteiger partial charge >= 0.3 is 40.1 Å². The molecule has 23 valence electrons. The minimum Gasteiger partial charge on any atom is -2.00 e. The molecule has 0 saturated carbocycles. The van der Waals surface area contributed by atoms with Crippen molar-refractivity contribution in [2.45, 2.75) is 0 Å². The molecule has 0 fully saturated rings. The molecule has 0 aliphatic heterocycles. The van der Waals surface area contributed by atoms with E-state index in [1.165, 1.54) is 0 Å². The Hall–Kier alpha value is 1.21. The second kappa shape index (κ2) is 29.7. The van der Waals surface area contributed by atoms with E-state index in [0.717, 1.165) is 0 Å². The van der Waals surface area contributed by atoms with Gasteiger partial charge in [0.15, 0.2) is 0 Å². The van der Waals surface area contributed by atoms with Crippen molar-refractivity contribution in [1.82, 2.24) is 0 Å². The van der Waals surface area contributed by atoms with Crippen molar-refractivity contribution >= 4 is 23.1 Å². The van der Waals surface area contributed by atoms with Crippen molar-refractivity contribution in [3.8, 4) is 0 Å². The summed E-state index contributed by atoms with van der Waals surface area (Å²) in [6, 6.07) is 0. The summed E-state index contributed by atoms with van der Waals surface area (Å²) in [4.78, 5) is 0. The van der Waals surface area contributed by atoms with Gasteiger partial charge in [0, 0.05) is 0 Å². The molecular formula is H2MgMnO2. The van der Waals surface area contributed by atoms with E-state index in [-0.39, 0.29) is 51.1 Å². The summed E-state index contributed by atoms with van der Waals surface area (Å²) in [6.45, 7) is 0. The van der Waals surface area contributed by atoms with Gasteiger partial charge in [0.2, 0.25) is 0 Å². The molecule has 0 bridgehead atoms. The number of hydrogen-bond donors (Lipinski definition) is 0. The van der Waals surface area contributed by atoms with E-state index in [4.69, 9.17) is 0 Å². The Morgan fingerprint density at radius 2 is 0.750 bits per heavy atom. The third kappa shape index (κ3) is 10.7. The van der Waals surface area contributed by atoms with Crippen molar-refractivity contribution < 1.29 is 28.0 Å². The maximum absolute atomic E-state index is 0. The fourth-order valence-electron chi connectivity index (χ4n) is 0. The van der Waals surface area contributed by atoms with Crippen LogP contribution in [0.3, 0.4) is 0 Å². The molecule has 0 heterocycles. The molecule has 0 atom stereocenters. The monoisotopic (exact) mass is 113 g/mol. The summed E-state index contributed by atoms with van der Waals surface area (Å²) in [5.74, 6) is 0. The van der Waals surface area contributed by atoms with Crippen molar-refractivity contribution in [3.63, 3.8) is 0 Å². The number of rotatable bonds is 0. The average molecular weight is 113 g/mol. The zero-order valence-electron chi connectivity index (χ0n) is 1.19. The molecule has 0 rings (SSSR count). The average Bonchev–Trinajstić information content (AvgIpc) is 0. The Bertz CT molecular complexity index is 6.00. The summed E-state index contributed by atoms with van der Waals surface area (Å²) < 4.78 is 0. The maximum Gasteiger partial charge on any atom is 4.00 e. The summed E-state index contributed by atoms with van der Waals surface area (Å²) in [7, 11) is 0. The van der Waals surface area contributed by atoms with Crippen LogP contribution in [-0.2, 0) is 28.0 Å². The number of hydrogen-bond acceptors (Lipinski definition) is 0. The molecule has 0 N–H and O–H groups in total. The van der Waals surface area contributed by atoms with E-state index >= 15 is 0 Å². The predicted molar refractivity (Wildman–Crippen MR) is 9.92 cm³/mol. The van der Waals surface area contributed by atoms with E-state index < -0.39 is 0 Å². The zero-order chi connectivity index (χ0) is 0. The van der Waals surface area contributed by atoms with E-state index in [9.17, 15) is 0 Å². The molecule has 0 aromatic carbocycles. The molecule has 0 aromatic heterocycles. The van der Waals surface area contributed by atoms with Gasteiger partial charge in [0.05, 0.1) is 0 Å². The van der Waals surface area contributed by atoms with Crippen LogP contribution in [0.2, 0.25) is 0 Å². The topological polar surface area (TPSA) is 57.0 Å². The second-order valence-corrected chi connectivity index (χ2v) is 0. The van der Waals surface area contributed by atoms with Gasteiger partial charge in [-0.2, -0.15) is 0 Å². The van der Waals surface area contributed by atoms with Crippen LogP contribution in [0.4, 0.5) is 0 Å². The van der Waals surface area contributed by atoms with Gasteiger partial charge in [-0.25, -0.2) is 0 Å². The first-order valence-corrected chi connectivity index (χ1v) is 0. The minimum absolute atomic E-state index is 0. The van der Waals surface area contributed by atoms with Gasteiger partial charge < -0.3 is 11.0 Å². The molecule has 0 aliphatic rings. The Morgan fingerprint density at radius 1 is 0.750 bits per heavy atom. The first-order chi connectivity index (χ1) is 0. The molecule has 0 aromatic rings. The van der Waals surface area contributed by atoms with Crippen molar-refractivity contribution in [2.75, 3.05) is 0 Å². The van der Waals surface area contributed by atoms with Gasteiger partial charge in [-0.05, 0) is 0 Å². The largest absolute Gasteiger partial charge is 4.00 e. The van der Waals surface area contributed by atoms with E-state index in [1.807, 2.05) is 0 Å². The minimum atomic E-state index is 0. The fraction of sp³-hybridized carbons (Fsp3) is 0. The Morgan fingerprint density at radius 3 is 0.750 bits per heavy atom. The van der Waals surface area contributed by atoms with Crippen LogP contribution in [0, 0.1) is 0 Å². The quantitative estimate of drug-likeness (QED) is 0.356. The van der Waals surface area contributed by atoms with Crippen LogP contribution >= 0.6 is 0 Å². The molecule has 1 radical (unpaired) electrons. The summed E-state index contributed by atoms with van der Waals surface area (Å²) in [5.41, 5.74) is 0. The van der Waals surface area contributed by atoms with E-state index in [0.29, 0.717) is 0 Å². The van der Waals surface area contributed by atoms with E-state index in [2.05, 4.69) is 0 Å². The van der Waals surface area contributed by atoms with Crippen LogP contribution in [0.25, 0.3) is 0 Å². The first-order valence-electron chi connectivity index (χ1n) is 0. The predicted octanol–water partition coefficient (Wildman–Crippen LogP) is -1.16.